The van der Waals surface area contributed by atoms with Crippen LogP contribution in [0.4, 0.5) is 0 Å². The molecule has 0 aliphatic heterocycles. The van der Waals surface area contributed by atoms with Crippen LogP contribution in [0.2, 0.25) is 5.15 Å². The number of pyridine rings is 1. The highest BCUT2D eigenvalue weighted by molar-refractivity contribution is 6.32. The Morgan fingerprint density at radius 1 is 1.47 bits per heavy atom. The van der Waals surface area contributed by atoms with Gasteiger partial charge in [0.1, 0.15) is 10.9 Å². The van der Waals surface area contributed by atoms with E-state index >= 15 is 0 Å². The molecule has 1 unspecified atom stereocenters. The fourth-order valence-electron chi connectivity index (χ4n) is 1.44. The third-order valence-electron chi connectivity index (χ3n) is 2.32. The molecule has 88 valence electrons. The Kier molecular flexibility index (Phi) is 3.44. The van der Waals surface area contributed by atoms with Crippen LogP contribution in [-0.4, -0.2) is 10.9 Å². The maximum absolute atomic E-state index is 11.9. The van der Waals surface area contributed by atoms with Gasteiger partial charge in [0.25, 0.3) is 5.91 Å². The first-order valence-corrected chi connectivity index (χ1v) is 5.51. The SMILES string of the molecule is CC(NC(=O)c1cccnc1Cl)c1ccco1. The Morgan fingerprint density at radius 2 is 2.29 bits per heavy atom. The van der Waals surface area contributed by atoms with E-state index in [0.717, 1.165) is 0 Å². The van der Waals surface area contributed by atoms with Crippen molar-refractivity contribution in [1.29, 1.82) is 0 Å². The van der Waals surface area contributed by atoms with Crippen LogP contribution in [0.25, 0.3) is 0 Å². The average Bonchev–Trinajstić information content (AvgIpc) is 2.82. The molecule has 0 spiro atoms. The van der Waals surface area contributed by atoms with Crippen LogP contribution in [0.15, 0.2) is 41.1 Å². The third kappa shape index (κ3) is 2.65. The Morgan fingerprint density at radius 3 is 2.94 bits per heavy atom. The van der Waals surface area contributed by atoms with Gasteiger partial charge in [0.05, 0.1) is 17.9 Å². The van der Waals surface area contributed by atoms with Crippen molar-refractivity contribution in [2.45, 2.75) is 13.0 Å². The van der Waals surface area contributed by atoms with E-state index in [4.69, 9.17) is 16.0 Å². The number of carbonyl (C=O) groups excluding carboxylic acids is 1. The Bertz CT molecular complexity index is 511. The average molecular weight is 251 g/mol. The predicted molar refractivity (Wildman–Crippen MR) is 63.8 cm³/mol. The normalized spacial score (nSPS) is 12.1. The highest BCUT2D eigenvalue weighted by atomic mass is 35.5. The summed E-state index contributed by atoms with van der Waals surface area (Å²) in [6.45, 7) is 1.83. The number of halogens is 1. The summed E-state index contributed by atoms with van der Waals surface area (Å²) in [5.74, 6) is 0.422. The molecular formula is C12H11ClN2O2. The quantitative estimate of drug-likeness (QED) is 0.853. The lowest BCUT2D eigenvalue weighted by Gasteiger charge is -2.11. The summed E-state index contributed by atoms with van der Waals surface area (Å²) in [6.07, 6.45) is 3.10. The molecule has 0 saturated carbocycles. The smallest absolute Gasteiger partial charge is 0.254 e. The molecule has 0 fully saturated rings. The zero-order valence-corrected chi connectivity index (χ0v) is 9.94. The van der Waals surface area contributed by atoms with Gasteiger partial charge in [-0.3, -0.25) is 4.79 Å². The molecule has 0 bridgehead atoms. The van der Waals surface area contributed by atoms with Crippen LogP contribution in [0.5, 0.6) is 0 Å². The van der Waals surface area contributed by atoms with Crippen LogP contribution in [-0.2, 0) is 0 Å². The van der Waals surface area contributed by atoms with Gasteiger partial charge in [0.2, 0.25) is 0 Å². The van der Waals surface area contributed by atoms with E-state index in [1.54, 1.807) is 30.5 Å². The lowest BCUT2D eigenvalue weighted by atomic mass is 10.2. The van der Waals surface area contributed by atoms with Crippen LogP contribution < -0.4 is 5.32 Å². The molecule has 0 radical (unpaired) electrons. The van der Waals surface area contributed by atoms with Gasteiger partial charge in [-0.25, -0.2) is 4.98 Å². The van der Waals surface area contributed by atoms with Crippen molar-refractivity contribution < 1.29 is 9.21 Å². The van der Waals surface area contributed by atoms with Crippen molar-refractivity contribution in [3.05, 3.63) is 53.2 Å². The third-order valence-corrected chi connectivity index (χ3v) is 2.62. The van der Waals surface area contributed by atoms with Gasteiger partial charge >= 0.3 is 0 Å². The van der Waals surface area contributed by atoms with Crippen molar-refractivity contribution in [3.63, 3.8) is 0 Å². The zero-order valence-electron chi connectivity index (χ0n) is 9.18. The summed E-state index contributed by atoms with van der Waals surface area (Å²) in [6, 6.07) is 6.65. The van der Waals surface area contributed by atoms with Gasteiger partial charge in [-0.05, 0) is 31.2 Å². The lowest BCUT2D eigenvalue weighted by Crippen LogP contribution is -2.26. The maximum atomic E-state index is 11.9. The van der Waals surface area contributed by atoms with Crippen molar-refractivity contribution >= 4 is 17.5 Å². The van der Waals surface area contributed by atoms with Crippen molar-refractivity contribution in [1.82, 2.24) is 10.3 Å². The molecular weight excluding hydrogens is 240 g/mol. The maximum Gasteiger partial charge on any atom is 0.254 e. The first kappa shape index (κ1) is 11.7. The van der Waals surface area contributed by atoms with Gasteiger partial charge in [-0.2, -0.15) is 0 Å². The molecule has 1 N–H and O–H groups in total. The van der Waals surface area contributed by atoms with E-state index < -0.39 is 0 Å². The molecule has 2 aromatic rings. The van der Waals surface area contributed by atoms with Gasteiger partial charge in [0, 0.05) is 6.20 Å². The second kappa shape index (κ2) is 5.01. The number of nitrogens with one attached hydrogen (secondary N) is 1. The van der Waals surface area contributed by atoms with Gasteiger partial charge in [-0.15, -0.1) is 0 Å². The van der Waals surface area contributed by atoms with Crippen LogP contribution in [0, 0.1) is 0 Å². The van der Waals surface area contributed by atoms with Crippen LogP contribution >= 0.6 is 11.6 Å². The number of nitrogens with zero attached hydrogens (tertiary/aromatic N) is 1. The summed E-state index contributed by atoms with van der Waals surface area (Å²) in [5, 5.41) is 2.97. The number of amides is 1. The summed E-state index contributed by atoms with van der Waals surface area (Å²) >= 11 is 5.83. The number of hydrogen-bond acceptors (Lipinski definition) is 3. The molecule has 2 rings (SSSR count). The first-order chi connectivity index (χ1) is 8.18. The first-order valence-electron chi connectivity index (χ1n) is 5.13. The van der Waals surface area contributed by atoms with E-state index in [0.29, 0.717) is 11.3 Å². The summed E-state index contributed by atoms with van der Waals surface area (Å²) < 4.78 is 5.20. The minimum Gasteiger partial charge on any atom is -0.467 e. The molecule has 4 nitrogen and oxygen atoms in total. The monoisotopic (exact) mass is 250 g/mol. The topological polar surface area (TPSA) is 55.1 Å². The van der Waals surface area contributed by atoms with Crippen molar-refractivity contribution in [2.24, 2.45) is 0 Å². The highest BCUT2D eigenvalue weighted by Gasteiger charge is 2.15. The standard InChI is InChI=1S/C12H11ClN2O2/c1-8(10-5-3-7-17-10)15-12(16)9-4-2-6-14-11(9)13/h2-8H,1H3,(H,15,16). The largest absolute Gasteiger partial charge is 0.467 e. The molecule has 0 aromatic carbocycles. The van der Waals surface area contributed by atoms with E-state index in [1.807, 2.05) is 6.92 Å². The summed E-state index contributed by atoms with van der Waals surface area (Å²) in [7, 11) is 0. The van der Waals surface area contributed by atoms with Gasteiger partial charge < -0.3 is 9.73 Å². The van der Waals surface area contributed by atoms with Gasteiger partial charge in [0.15, 0.2) is 0 Å². The second-order valence-corrected chi connectivity index (χ2v) is 3.91. The molecule has 5 heteroatoms. The van der Waals surface area contributed by atoms with Crippen LogP contribution in [0.3, 0.4) is 0 Å². The number of furan rings is 1. The van der Waals surface area contributed by atoms with Crippen molar-refractivity contribution in [3.8, 4) is 0 Å². The minimum absolute atomic E-state index is 0.191. The molecule has 0 aliphatic rings. The van der Waals surface area contributed by atoms with E-state index in [2.05, 4.69) is 10.3 Å². The second-order valence-electron chi connectivity index (χ2n) is 3.55. The molecule has 2 heterocycles. The number of aromatic nitrogens is 1. The molecule has 17 heavy (non-hydrogen) atoms. The molecule has 1 atom stereocenters. The summed E-state index contributed by atoms with van der Waals surface area (Å²) in [5.41, 5.74) is 0.354. The van der Waals surface area contributed by atoms with Gasteiger partial charge in [-0.1, -0.05) is 11.6 Å². The molecule has 2 aromatic heterocycles. The zero-order chi connectivity index (χ0) is 12.3. The Hall–Kier alpha value is -1.81. The van der Waals surface area contributed by atoms with E-state index in [1.165, 1.54) is 6.20 Å². The Balaban J connectivity index is 2.10. The minimum atomic E-state index is -0.271. The predicted octanol–water partition coefficient (Wildman–Crippen LogP) is 2.82. The lowest BCUT2D eigenvalue weighted by molar-refractivity contribution is 0.0935. The molecule has 0 aliphatic carbocycles. The van der Waals surface area contributed by atoms with E-state index in [9.17, 15) is 4.79 Å². The number of rotatable bonds is 3. The number of carbonyl (C=O) groups is 1. The molecule has 0 saturated heterocycles. The fourth-order valence-corrected chi connectivity index (χ4v) is 1.64. The summed E-state index contributed by atoms with van der Waals surface area (Å²) in [4.78, 5) is 15.7. The highest BCUT2D eigenvalue weighted by Crippen LogP contribution is 2.16. The molecule has 1 amide bonds. The van der Waals surface area contributed by atoms with Crippen LogP contribution in [0.1, 0.15) is 29.1 Å². The fraction of sp³-hybridized carbons (Fsp3) is 0.167. The number of hydrogen-bond donors (Lipinski definition) is 1. The Labute approximate surface area is 104 Å². The van der Waals surface area contributed by atoms with E-state index in [-0.39, 0.29) is 17.1 Å². The van der Waals surface area contributed by atoms with Crippen molar-refractivity contribution in [2.75, 3.05) is 0 Å².